The molecule has 1 rings (SSSR count). The number of amidine groups is 1. The lowest BCUT2D eigenvalue weighted by Gasteiger charge is -2.21. The van der Waals surface area contributed by atoms with E-state index >= 15 is 0 Å². The summed E-state index contributed by atoms with van der Waals surface area (Å²) in [6, 6.07) is 0. The number of rotatable bonds is 1. The van der Waals surface area contributed by atoms with Crippen LogP contribution in [0, 0.1) is 0 Å². The average Bonchev–Trinajstić information content (AvgIpc) is 2.00. The Morgan fingerprint density at radius 3 is 2.64 bits per heavy atom. The van der Waals surface area contributed by atoms with Crippen molar-refractivity contribution in [3.05, 3.63) is 11.2 Å². The summed E-state index contributed by atoms with van der Waals surface area (Å²) in [7, 11) is -3.40. The number of hydrogen-bond acceptors (Lipinski definition) is 4. The van der Waals surface area contributed by atoms with Gasteiger partial charge in [-0.3, -0.25) is 0 Å². The van der Waals surface area contributed by atoms with Crippen LogP contribution in [0.15, 0.2) is 16.2 Å². The summed E-state index contributed by atoms with van der Waals surface area (Å²) in [6.07, 6.45) is 1.44. The maximum Gasteiger partial charge on any atom is 0.223 e. The van der Waals surface area contributed by atoms with Crippen molar-refractivity contribution >= 4 is 38.2 Å². The van der Waals surface area contributed by atoms with E-state index in [9.17, 15) is 8.42 Å². The third-order valence-corrected chi connectivity index (χ3v) is 3.55. The standard InChI is InChI=1S/C7H10Cl2N2O2S/c1-3-14(12,13)6-10-5(8)4-7(2,9)11-6/h4H,3H2,1-2H3,(H,10,11). The maximum atomic E-state index is 11.4. The molecule has 0 saturated heterocycles. The monoisotopic (exact) mass is 256 g/mol. The summed E-state index contributed by atoms with van der Waals surface area (Å²) < 4.78 is 22.9. The molecule has 0 aromatic heterocycles. The smallest absolute Gasteiger partial charge is 0.223 e. The van der Waals surface area contributed by atoms with Crippen LogP contribution in [-0.2, 0) is 9.84 Å². The molecule has 0 saturated carbocycles. The first-order chi connectivity index (χ1) is 6.27. The normalized spacial score (nSPS) is 27.7. The van der Waals surface area contributed by atoms with E-state index < -0.39 is 14.8 Å². The van der Waals surface area contributed by atoms with Crippen LogP contribution in [0.25, 0.3) is 0 Å². The Labute approximate surface area is 92.9 Å². The summed E-state index contributed by atoms with van der Waals surface area (Å²) in [6.45, 7) is 3.08. The lowest BCUT2D eigenvalue weighted by Crippen LogP contribution is -2.37. The second-order valence-electron chi connectivity index (χ2n) is 2.96. The molecule has 0 bridgehead atoms. The Bertz CT molecular complexity index is 398. The van der Waals surface area contributed by atoms with Crippen LogP contribution < -0.4 is 5.32 Å². The number of alkyl halides is 1. The molecule has 0 aromatic carbocycles. The summed E-state index contributed by atoms with van der Waals surface area (Å²) in [5, 5.41) is 2.46. The molecule has 80 valence electrons. The molecule has 1 aliphatic heterocycles. The highest BCUT2D eigenvalue weighted by Crippen LogP contribution is 2.24. The second-order valence-corrected chi connectivity index (χ2v) is 6.33. The van der Waals surface area contributed by atoms with Gasteiger partial charge in [-0.25, -0.2) is 13.4 Å². The number of nitrogens with one attached hydrogen (secondary N) is 1. The fraction of sp³-hybridized carbons (Fsp3) is 0.571. The number of hydrogen-bond donors (Lipinski definition) is 1. The van der Waals surface area contributed by atoms with Crippen molar-refractivity contribution in [3.8, 4) is 0 Å². The second kappa shape index (κ2) is 3.72. The van der Waals surface area contributed by atoms with Crippen LogP contribution >= 0.6 is 23.2 Å². The van der Waals surface area contributed by atoms with Crippen LogP contribution in [-0.4, -0.2) is 24.3 Å². The first-order valence-electron chi connectivity index (χ1n) is 3.94. The molecule has 0 spiro atoms. The van der Waals surface area contributed by atoms with E-state index in [-0.39, 0.29) is 16.1 Å². The van der Waals surface area contributed by atoms with Gasteiger partial charge in [-0.15, -0.1) is 0 Å². The lowest BCUT2D eigenvalue weighted by atomic mass is 10.3. The highest BCUT2D eigenvalue weighted by atomic mass is 35.5. The van der Waals surface area contributed by atoms with Gasteiger partial charge in [0.2, 0.25) is 15.0 Å². The average molecular weight is 257 g/mol. The molecule has 0 aromatic rings. The van der Waals surface area contributed by atoms with Crippen molar-refractivity contribution in [3.63, 3.8) is 0 Å². The molecule has 7 heteroatoms. The van der Waals surface area contributed by atoms with Gasteiger partial charge in [0.05, 0.1) is 5.75 Å². The van der Waals surface area contributed by atoms with Gasteiger partial charge in [-0.1, -0.05) is 30.1 Å². The van der Waals surface area contributed by atoms with Crippen LogP contribution in [0.5, 0.6) is 0 Å². The van der Waals surface area contributed by atoms with Gasteiger partial charge in [0.1, 0.15) is 5.16 Å². The van der Waals surface area contributed by atoms with E-state index in [4.69, 9.17) is 23.2 Å². The van der Waals surface area contributed by atoms with Gasteiger partial charge in [-0.2, -0.15) is 0 Å². The molecule has 1 unspecified atom stereocenters. The topological polar surface area (TPSA) is 58.5 Å². The molecule has 1 aliphatic rings. The molecule has 0 fully saturated rings. The van der Waals surface area contributed by atoms with Gasteiger partial charge in [-0.05, 0) is 13.0 Å². The minimum absolute atomic E-state index is 0.0457. The van der Waals surface area contributed by atoms with Crippen LogP contribution in [0.2, 0.25) is 0 Å². The molecule has 14 heavy (non-hydrogen) atoms. The predicted molar refractivity (Wildman–Crippen MR) is 58.2 cm³/mol. The molecule has 0 amide bonds. The zero-order valence-corrected chi connectivity index (χ0v) is 10.0. The number of nitrogens with zero attached hydrogens (tertiary/aromatic N) is 1. The Hall–Kier alpha value is -0.260. The van der Waals surface area contributed by atoms with Crippen LogP contribution in [0.3, 0.4) is 0 Å². The van der Waals surface area contributed by atoms with Crippen LogP contribution in [0.4, 0.5) is 0 Å². The van der Waals surface area contributed by atoms with E-state index in [1.54, 1.807) is 6.92 Å². The summed E-state index contributed by atoms with van der Waals surface area (Å²) in [5.41, 5.74) is 0. The molecule has 0 radical (unpaired) electrons. The van der Waals surface area contributed by atoms with Crippen molar-refractivity contribution in [2.45, 2.75) is 18.8 Å². The maximum absolute atomic E-state index is 11.4. The van der Waals surface area contributed by atoms with Crippen molar-refractivity contribution in [2.75, 3.05) is 5.75 Å². The van der Waals surface area contributed by atoms with E-state index in [1.807, 2.05) is 0 Å². The van der Waals surface area contributed by atoms with Crippen molar-refractivity contribution in [1.82, 2.24) is 5.32 Å². The first kappa shape index (κ1) is 11.8. The quantitative estimate of drug-likeness (QED) is 0.570. The third-order valence-electron chi connectivity index (χ3n) is 1.61. The molecule has 1 atom stereocenters. The van der Waals surface area contributed by atoms with Gasteiger partial charge >= 0.3 is 0 Å². The lowest BCUT2D eigenvalue weighted by molar-refractivity contribution is 0.606. The number of sulfone groups is 1. The van der Waals surface area contributed by atoms with E-state index in [0.29, 0.717) is 0 Å². The van der Waals surface area contributed by atoms with Crippen molar-refractivity contribution in [2.24, 2.45) is 4.99 Å². The van der Waals surface area contributed by atoms with Crippen molar-refractivity contribution in [1.29, 1.82) is 0 Å². The highest BCUT2D eigenvalue weighted by Gasteiger charge is 2.28. The fourth-order valence-corrected chi connectivity index (χ4v) is 2.44. The molecule has 1 heterocycles. The number of aliphatic imine (C=N–C) groups is 1. The van der Waals surface area contributed by atoms with Gasteiger partial charge in [0, 0.05) is 0 Å². The predicted octanol–water partition coefficient (Wildman–Crippen LogP) is 1.42. The largest absolute Gasteiger partial charge is 0.322 e. The fourth-order valence-electron chi connectivity index (χ4n) is 0.912. The molecule has 0 aliphatic carbocycles. The van der Waals surface area contributed by atoms with Gasteiger partial charge < -0.3 is 5.32 Å². The highest BCUT2D eigenvalue weighted by molar-refractivity contribution is 8.06. The van der Waals surface area contributed by atoms with Gasteiger partial charge in [0.15, 0.2) is 5.00 Å². The molecular weight excluding hydrogens is 247 g/mol. The van der Waals surface area contributed by atoms with E-state index in [1.165, 1.54) is 13.0 Å². The zero-order chi connectivity index (χ0) is 11.0. The van der Waals surface area contributed by atoms with Crippen molar-refractivity contribution < 1.29 is 8.42 Å². The minimum atomic E-state index is -3.40. The van der Waals surface area contributed by atoms with Crippen LogP contribution in [0.1, 0.15) is 13.8 Å². The number of halogens is 2. The molecular formula is C7H10Cl2N2O2S. The summed E-state index contributed by atoms with van der Waals surface area (Å²) >= 11 is 11.6. The first-order valence-corrected chi connectivity index (χ1v) is 6.34. The van der Waals surface area contributed by atoms with E-state index in [0.717, 1.165) is 0 Å². The zero-order valence-electron chi connectivity index (χ0n) is 7.71. The summed E-state index contributed by atoms with van der Waals surface area (Å²) in [5.74, 6) is -0.0457. The Morgan fingerprint density at radius 2 is 2.21 bits per heavy atom. The Morgan fingerprint density at radius 1 is 1.64 bits per heavy atom. The summed E-state index contributed by atoms with van der Waals surface area (Å²) in [4.78, 5) is 2.73. The molecule has 4 nitrogen and oxygen atoms in total. The van der Waals surface area contributed by atoms with Gasteiger partial charge in [0.25, 0.3) is 0 Å². The SMILES string of the molecule is CCS(=O)(=O)C1=NC(C)(Cl)C=C(Cl)N1. The van der Waals surface area contributed by atoms with E-state index in [2.05, 4.69) is 10.3 Å². The Balaban J connectivity index is 3.12. The third kappa shape index (κ3) is 2.62. The Kier molecular flexibility index (Phi) is 3.13. The molecule has 1 N–H and O–H groups in total. The minimum Gasteiger partial charge on any atom is -0.322 e.